The average Bonchev–Trinajstić information content (AvgIpc) is 2.84. The van der Waals surface area contributed by atoms with Crippen LogP contribution >= 0.6 is 11.3 Å². The number of nitrogens with zero attached hydrogens (tertiary/aromatic N) is 1. The molecule has 0 aliphatic rings. The summed E-state index contributed by atoms with van der Waals surface area (Å²) in [6, 6.07) is 7.18. The van der Waals surface area contributed by atoms with Crippen molar-refractivity contribution in [3.63, 3.8) is 0 Å². The summed E-state index contributed by atoms with van der Waals surface area (Å²) in [6.07, 6.45) is 1.13. The molecule has 2 aromatic rings. The maximum absolute atomic E-state index is 11.2. The van der Waals surface area contributed by atoms with Gasteiger partial charge in [0.05, 0.1) is 11.9 Å². The van der Waals surface area contributed by atoms with Gasteiger partial charge < -0.3 is 5.32 Å². The molecule has 0 radical (unpaired) electrons. The van der Waals surface area contributed by atoms with Gasteiger partial charge in [0.2, 0.25) is 10.0 Å². The van der Waals surface area contributed by atoms with Crippen LogP contribution in [0.1, 0.15) is 13.8 Å². The van der Waals surface area contributed by atoms with E-state index in [4.69, 9.17) is 0 Å². The molecule has 2 rings (SSSR count). The molecule has 0 aliphatic carbocycles. The van der Waals surface area contributed by atoms with Crippen LogP contribution in [0.4, 0.5) is 10.8 Å². The second kappa shape index (κ2) is 6.44. The quantitative estimate of drug-likeness (QED) is 0.855. The number of hydrogen-bond donors (Lipinski definition) is 2. The molecular formula is C14H19N3O2S2. The Balaban J connectivity index is 2.08. The first kappa shape index (κ1) is 15.8. The maximum atomic E-state index is 11.2. The summed E-state index contributed by atoms with van der Waals surface area (Å²) in [5.41, 5.74) is 2.40. The first-order valence-corrected chi connectivity index (χ1v) is 9.38. The van der Waals surface area contributed by atoms with Crippen LogP contribution in [0.5, 0.6) is 0 Å². The van der Waals surface area contributed by atoms with E-state index in [0.29, 0.717) is 11.6 Å². The molecule has 1 heterocycles. The van der Waals surface area contributed by atoms with Crippen LogP contribution in [-0.2, 0) is 10.0 Å². The van der Waals surface area contributed by atoms with Gasteiger partial charge in [-0.25, -0.2) is 13.4 Å². The molecule has 0 atom stereocenters. The van der Waals surface area contributed by atoms with Crippen molar-refractivity contribution in [1.82, 2.24) is 4.98 Å². The van der Waals surface area contributed by atoms with Gasteiger partial charge in [0.1, 0.15) is 0 Å². The highest BCUT2D eigenvalue weighted by Gasteiger charge is 2.06. The molecule has 0 fully saturated rings. The molecule has 2 N–H and O–H groups in total. The van der Waals surface area contributed by atoms with Gasteiger partial charge in [-0.2, -0.15) is 0 Å². The van der Waals surface area contributed by atoms with Crippen molar-refractivity contribution in [2.45, 2.75) is 13.8 Å². The lowest BCUT2D eigenvalue weighted by Gasteiger charge is -2.05. The van der Waals surface area contributed by atoms with Crippen LogP contribution < -0.4 is 10.0 Å². The van der Waals surface area contributed by atoms with E-state index < -0.39 is 10.0 Å². The lowest BCUT2D eigenvalue weighted by Crippen LogP contribution is -2.09. The summed E-state index contributed by atoms with van der Waals surface area (Å²) >= 11 is 1.57. The predicted molar refractivity (Wildman–Crippen MR) is 89.3 cm³/mol. The number of aromatic nitrogens is 1. The molecule has 21 heavy (non-hydrogen) atoms. The SMILES string of the molecule is CC(C)CNc1nc(-c2ccc(NS(C)(=O)=O)cc2)cs1. The number of sulfonamides is 1. The fraction of sp³-hybridized carbons (Fsp3) is 0.357. The van der Waals surface area contributed by atoms with Gasteiger partial charge in [-0.05, 0) is 18.1 Å². The van der Waals surface area contributed by atoms with E-state index in [1.807, 2.05) is 17.5 Å². The molecule has 7 heteroatoms. The second-order valence-corrected chi connectivity index (χ2v) is 7.87. The van der Waals surface area contributed by atoms with Gasteiger partial charge in [-0.15, -0.1) is 11.3 Å². The Kier molecular flexibility index (Phi) is 4.84. The summed E-state index contributed by atoms with van der Waals surface area (Å²) in [7, 11) is -3.24. The fourth-order valence-corrected chi connectivity index (χ4v) is 3.00. The van der Waals surface area contributed by atoms with Crippen LogP contribution in [0, 0.1) is 5.92 Å². The van der Waals surface area contributed by atoms with E-state index in [-0.39, 0.29) is 0 Å². The minimum atomic E-state index is -3.24. The average molecular weight is 325 g/mol. The molecule has 0 aliphatic heterocycles. The van der Waals surface area contributed by atoms with Crippen LogP contribution in [-0.4, -0.2) is 26.2 Å². The first-order valence-electron chi connectivity index (χ1n) is 6.61. The Labute approximate surface area is 129 Å². The second-order valence-electron chi connectivity index (χ2n) is 5.26. The van der Waals surface area contributed by atoms with Gasteiger partial charge in [-0.1, -0.05) is 26.0 Å². The topological polar surface area (TPSA) is 71.1 Å². The number of rotatable bonds is 6. The van der Waals surface area contributed by atoms with Gasteiger partial charge in [0.25, 0.3) is 0 Å². The molecule has 0 saturated carbocycles. The van der Waals surface area contributed by atoms with E-state index in [1.165, 1.54) is 0 Å². The van der Waals surface area contributed by atoms with E-state index in [0.717, 1.165) is 29.2 Å². The third-order valence-electron chi connectivity index (χ3n) is 2.65. The van der Waals surface area contributed by atoms with Crippen molar-refractivity contribution in [3.05, 3.63) is 29.6 Å². The third-order valence-corrected chi connectivity index (χ3v) is 4.06. The zero-order valence-electron chi connectivity index (χ0n) is 12.3. The van der Waals surface area contributed by atoms with Gasteiger partial charge in [0.15, 0.2) is 5.13 Å². The Morgan fingerprint density at radius 3 is 2.48 bits per heavy atom. The maximum Gasteiger partial charge on any atom is 0.229 e. The van der Waals surface area contributed by atoms with E-state index in [2.05, 4.69) is 28.9 Å². The number of anilines is 2. The van der Waals surface area contributed by atoms with Crippen molar-refractivity contribution in [3.8, 4) is 11.3 Å². The number of nitrogens with one attached hydrogen (secondary N) is 2. The summed E-state index contributed by atoms with van der Waals surface area (Å²) in [5, 5.41) is 6.18. The van der Waals surface area contributed by atoms with E-state index >= 15 is 0 Å². The minimum Gasteiger partial charge on any atom is -0.361 e. The fourth-order valence-electron chi connectivity index (χ4n) is 1.70. The molecule has 5 nitrogen and oxygen atoms in total. The van der Waals surface area contributed by atoms with Gasteiger partial charge >= 0.3 is 0 Å². The number of thiazole rings is 1. The standard InChI is InChI=1S/C14H19N3O2S2/c1-10(2)8-15-14-16-13(9-20-14)11-4-6-12(7-5-11)17-21(3,18)19/h4-7,9-10,17H,8H2,1-3H3,(H,15,16). The van der Waals surface area contributed by atoms with Crippen molar-refractivity contribution in [2.24, 2.45) is 5.92 Å². The zero-order valence-corrected chi connectivity index (χ0v) is 13.9. The van der Waals surface area contributed by atoms with Crippen LogP contribution in [0.3, 0.4) is 0 Å². The molecule has 1 aromatic heterocycles. The van der Waals surface area contributed by atoms with Gasteiger partial charge in [-0.3, -0.25) is 4.72 Å². The number of benzene rings is 1. The lowest BCUT2D eigenvalue weighted by atomic mass is 10.1. The minimum absolute atomic E-state index is 0.551. The molecule has 0 saturated heterocycles. The van der Waals surface area contributed by atoms with Crippen LogP contribution in [0.25, 0.3) is 11.3 Å². The summed E-state index contributed by atoms with van der Waals surface area (Å²) < 4.78 is 24.8. The summed E-state index contributed by atoms with van der Waals surface area (Å²) in [5.74, 6) is 0.568. The summed E-state index contributed by atoms with van der Waals surface area (Å²) in [6.45, 7) is 5.19. The van der Waals surface area contributed by atoms with Crippen molar-refractivity contribution < 1.29 is 8.42 Å². The Morgan fingerprint density at radius 1 is 1.24 bits per heavy atom. The van der Waals surface area contributed by atoms with Crippen molar-refractivity contribution >= 4 is 32.2 Å². The van der Waals surface area contributed by atoms with E-state index in [9.17, 15) is 8.42 Å². The van der Waals surface area contributed by atoms with Gasteiger partial charge in [0, 0.05) is 23.2 Å². The molecule has 114 valence electrons. The van der Waals surface area contributed by atoms with Crippen LogP contribution in [0.15, 0.2) is 29.6 Å². The first-order chi connectivity index (χ1) is 9.83. The highest BCUT2D eigenvalue weighted by molar-refractivity contribution is 7.92. The largest absolute Gasteiger partial charge is 0.361 e. The zero-order chi connectivity index (χ0) is 15.5. The van der Waals surface area contributed by atoms with E-state index in [1.54, 1.807) is 23.5 Å². The Hall–Kier alpha value is -1.60. The monoisotopic (exact) mass is 325 g/mol. The predicted octanol–water partition coefficient (Wildman–Crippen LogP) is 3.25. The van der Waals surface area contributed by atoms with Crippen LogP contribution in [0.2, 0.25) is 0 Å². The highest BCUT2D eigenvalue weighted by atomic mass is 32.2. The normalized spacial score (nSPS) is 11.6. The lowest BCUT2D eigenvalue weighted by molar-refractivity contribution is 0.607. The molecule has 0 unspecified atom stereocenters. The Bertz CT molecular complexity index is 691. The smallest absolute Gasteiger partial charge is 0.229 e. The summed E-state index contributed by atoms with van der Waals surface area (Å²) in [4.78, 5) is 4.53. The van der Waals surface area contributed by atoms with Crippen molar-refractivity contribution in [1.29, 1.82) is 0 Å². The molecule has 1 aromatic carbocycles. The molecule has 0 spiro atoms. The molecule has 0 bridgehead atoms. The Morgan fingerprint density at radius 2 is 1.90 bits per heavy atom. The third kappa shape index (κ3) is 5.02. The van der Waals surface area contributed by atoms with Crippen molar-refractivity contribution in [2.75, 3.05) is 22.8 Å². The number of hydrogen-bond acceptors (Lipinski definition) is 5. The highest BCUT2D eigenvalue weighted by Crippen LogP contribution is 2.26. The molecule has 0 amide bonds. The molecular weight excluding hydrogens is 306 g/mol.